The molecule has 0 amide bonds. The maximum absolute atomic E-state index is 13.7. The summed E-state index contributed by atoms with van der Waals surface area (Å²) >= 11 is 5.58. The Balaban J connectivity index is 1.44. The molecule has 1 fully saturated rings. The lowest BCUT2D eigenvalue weighted by atomic mass is 9.82. The van der Waals surface area contributed by atoms with E-state index in [0.29, 0.717) is 17.6 Å². The largest absolute Gasteiger partial charge is 0.385 e. The van der Waals surface area contributed by atoms with Gasteiger partial charge in [0, 0.05) is 20.3 Å². The van der Waals surface area contributed by atoms with Gasteiger partial charge in [-0.3, -0.25) is 0 Å². The van der Waals surface area contributed by atoms with E-state index in [0.717, 1.165) is 57.3 Å². The third-order valence-corrected chi connectivity index (χ3v) is 6.33. The van der Waals surface area contributed by atoms with Crippen molar-refractivity contribution in [3.8, 4) is 11.1 Å². The summed E-state index contributed by atoms with van der Waals surface area (Å²) in [5.74, 6) is -0.945. The molecule has 0 spiro atoms. The summed E-state index contributed by atoms with van der Waals surface area (Å²) in [5, 5.41) is -0.458. The molecule has 5 heteroatoms. The molecular weight excluding hydrogens is 406 g/mol. The summed E-state index contributed by atoms with van der Waals surface area (Å²) in [6, 6.07) is 10.6. The van der Waals surface area contributed by atoms with Gasteiger partial charge in [0.05, 0.1) is 6.10 Å². The number of methoxy groups -OCH3 is 1. The monoisotopic (exact) mass is 436 g/mol. The summed E-state index contributed by atoms with van der Waals surface area (Å²) in [4.78, 5) is 0. The number of hydrogen-bond acceptors (Lipinski definition) is 2. The van der Waals surface area contributed by atoms with Crippen LogP contribution in [0.5, 0.6) is 0 Å². The SMILES string of the molecule is COCCCCCCOC1CCC(c2ccc(-c3cc(F)c(Cl)c(F)c3)cc2)CC1. The Hall–Kier alpha value is -1.49. The molecule has 1 saturated carbocycles. The van der Waals surface area contributed by atoms with Crippen molar-refractivity contribution in [2.45, 2.75) is 63.4 Å². The molecular formula is C25H31ClF2O2. The minimum Gasteiger partial charge on any atom is -0.385 e. The van der Waals surface area contributed by atoms with Crippen LogP contribution in [-0.4, -0.2) is 26.4 Å². The minimum absolute atomic E-state index is 0.375. The zero-order valence-electron chi connectivity index (χ0n) is 17.6. The summed E-state index contributed by atoms with van der Waals surface area (Å²) in [7, 11) is 1.75. The van der Waals surface area contributed by atoms with E-state index >= 15 is 0 Å². The number of rotatable bonds is 10. The highest BCUT2D eigenvalue weighted by Gasteiger charge is 2.22. The Morgan fingerprint density at radius 1 is 0.833 bits per heavy atom. The zero-order valence-corrected chi connectivity index (χ0v) is 18.4. The van der Waals surface area contributed by atoms with Gasteiger partial charge < -0.3 is 9.47 Å². The molecule has 0 aliphatic heterocycles. The van der Waals surface area contributed by atoms with Crippen LogP contribution in [0.4, 0.5) is 8.78 Å². The standard InChI is InChI=1S/C25H31ClF2O2/c1-29-14-4-2-3-5-15-30-22-12-10-19(11-13-22)18-6-8-20(9-7-18)21-16-23(27)25(26)24(28)17-21/h6-9,16-17,19,22H,2-5,10-15H2,1H3. The first-order chi connectivity index (χ1) is 14.6. The number of unbranched alkanes of at least 4 members (excludes halogenated alkanes) is 3. The van der Waals surface area contributed by atoms with Gasteiger partial charge in [-0.05, 0) is 73.3 Å². The molecule has 1 aliphatic rings. The molecule has 0 heterocycles. The Bertz CT molecular complexity index is 763. The fourth-order valence-electron chi connectivity index (χ4n) is 4.18. The first-order valence-electron chi connectivity index (χ1n) is 10.9. The molecule has 0 unspecified atom stereocenters. The van der Waals surface area contributed by atoms with E-state index in [1.54, 1.807) is 7.11 Å². The van der Waals surface area contributed by atoms with Gasteiger partial charge in [-0.2, -0.15) is 0 Å². The Morgan fingerprint density at radius 2 is 1.43 bits per heavy atom. The molecule has 2 aromatic carbocycles. The molecule has 2 aromatic rings. The van der Waals surface area contributed by atoms with Gasteiger partial charge in [-0.1, -0.05) is 48.7 Å². The second-order valence-electron chi connectivity index (χ2n) is 8.13. The van der Waals surface area contributed by atoms with Crippen LogP contribution in [0.1, 0.15) is 62.8 Å². The lowest BCUT2D eigenvalue weighted by molar-refractivity contribution is 0.0224. The lowest BCUT2D eigenvalue weighted by Crippen LogP contribution is -2.21. The topological polar surface area (TPSA) is 18.5 Å². The van der Waals surface area contributed by atoms with Crippen LogP contribution < -0.4 is 0 Å². The van der Waals surface area contributed by atoms with Crippen LogP contribution in [0.2, 0.25) is 5.02 Å². The Morgan fingerprint density at radius 3 is 2.03 bits per heavy atom. The van der Waals surface area contributed by atoms with Crippen molar-refractivity contribution in [3.05, 3.63) is 58.6 Å². The number of benzene rings is 2. The summed E-state index contributed by atoms with van der Waals surface area (Å²) in [6.07, 6.45) is 9.43. The van der Waals surface area contributed by atoms with Crippen LogP contribution >= 0.6 is 11.6 Å². The van der Waals surface area contributed by atoms with Crippen LogP contribution in [0.3, 0.4) is 0 Å². The molecule has 0 saturated heterocycles. The molecule has 30 heavy (non-hydrogen) atoms. The molecule has 0 N–H and O–H groups in total. The van der Waals surface area contributed by atoms with Crippen LogP contribution in [0.25, 0.3) is 11.1 Å². The van der Waals surface area contributed by atoms with Crippen molar-refractivity contribution in [1.29, 1.82) is 0 Å². The van der Waals surface area contributed by atoms with Gasteiger partial charge in [0.2, 0.25) is 0 Å². The smallest absolute Gasteiger partial charge is 0.145 e. The number of halogens is 3. The highest BCUT2D eigenvalue weighted by Crippen LogP contribution is 2.35. The van der Waals surface area contributed by atoms with E-state index in [2.05, 4.69) is 12.1 Å². The van der Waals surface area contributed by atoms with Gasteiger partial charge in [-0.15, -0.1) is 0 Å². The van der Waals surface area contributed by atoms with Gasteiger partial charge in [0.1, 0.15) is 16.7 Å². The van der Waals surface area contributed by atoms with Crippen LogP contribution in [0, 0.1) is 11.6 Å². The maximum Gasteiger partial charge on any atom is 0.145 e. The molecule has 0 aromatic heterocycles. The zero-order chi connectivity index (χ0) is 21.3. The van der Waals surface area contributed by atoms with Crippen molar-refractivity contribution in [2.75, 3.05) is 20.3 Å². The van der Waals surface area contributed by atoms with E-state index in [1.165, 1.54) is 30.5 Å². The van der Waals surface area contributed by atoms with Crippen molar-refractivity contribution >= 4 is 11.6 Å². The minimum atomic E-state index is -0.732. The molecule has 1 aliphatic carbocycles. The van der Waals surface area contributed by atoms with Crippen molar-refractivity contribution in [1.82, 2.24) is 0 Å². The van der Waals surface area contributed by atoms with Gasteiger partial charge in [0.15, 0.2) is 0 Å². The fourth-order valence-corrected chi connectivity index (χ4v) is 4.29. The van der Waals surface area contributed by atoms with E-state index < -0.39 is 16.7 Å². The van der Waals surface area contributed by atoms with E-state index in [9.17, 15) is 8.78 Å². The molecule has 0 bridgehead atoms. The highest BCUT2D eigenvalue weighted by atomic mass is 35.5. The van der Waals surface area contributed by atoms with E-state index in [1.807, 2.05) is 12.1 Å². The first kappa shape index (κ1) is 23.2. The maximum atomic E-state index is 13.7. The summed E-state index contributed by atoms with van der Waals surface area (Å²) in [6.45, 7) is 1.70. The average Bonchev–Trinajstić information content (AvgIpc) is 2.77. The highest BCUT2D eigenvalue weighted by molar-refractivity contribution is 6.31. The third kappa shape index (κ3) is 6.50. The quantitative estimate of drug-likeness (QED) is 0.283. The second kappa shape index (κ2) is 11.8. The van der Waals surface area contributed by atoms with Crippen LogP contribution in [0.15, 0.2) is 36.4 Å². The van der Waals surface area contributed by atoms with Crippen molar-refractivity contribution in [3.63, 3.8) is 0 Å². The Labute approximate surface area is 183 Å². The van der Waals surface area contributed by atoms with Gasteiger partial charge in [0.25, 0.3) is 0 Å². The normalized spacial score (nSPS) is 19.2. The van der Waals surface area contributed by atoms with Crippen molar-refractivity contribution < 1.29 is 18.3 Å². The van der Waals surface area contributed by atoms with E-state index in [-0.39, 0.29) is 0 Å². The lowest BCUT2D eigenvalue weighted by Gasteiger charge is -2.29. The van der Waals surface area contributed by atoms with Crippen LogP contribution in [-0.2, 0) is 9.47 Å². The van der Waals surface area contributed by atoms with Crippen molar-refractivity contribution in [2.24, 2.45) is 0 Å². The first-order valence-corrected chi connectivity index (χ1v) is 11.3. The summed E-state index contributed by atoms with van der Waals surface area (Å²) < 4.78 is 38.6. The molecule has 3 rings (SSSR count). The summed E-state index contributed by atoms with van der Waals surface area (Å²) in [5.41, 5.74) is 2.57. The second-order valence-corrected chi connectivity index (χ2v) is 8.51. The predicted octanol–water partition coefficient (Wildman–Crippen LogP) is 7.53. The third-order valence-electron chi connectivity index (χ3n) is 5.97. The molecule has 2 nitrogen and oxygen atoms in total. The molecule has 0 radical (unpaired) electrons. The average molecular weight is 437 g/mol. The Kier molecular flexibility index (Phi) is 9.10. The van der Waals surface area contributed by atoms with Gasteiger partial charge >= 0.3 is 0 Å². The molecule has 164 valence electrons. The number of ether oxygens (including phenoxy) is 2. The van der Waals surface area contributed by atoms with E-state index in [4.69, 9.17) is 21.1 Å². The number of hydrogen-bond donors (Lipinski definition) is 0. The van der Waals surface area contributed by atoms with Gasteiger partial charge in [-0.25, -0.2) is 8.78 Å². The fraction of sp³-hybridized carbons (Fsp3) is 0.520. The molecule has 0 atom stereocenters. The predicted molar refractivity (Wildman–Crippen MR) is 118 cm³/mol.